The Hall–Kier alpha value is -2.93. The van der Waals surface area contributed by atoms with Gasteiger partial charge < -0.3 is 10.2 Å². The van der Waals surface area contributed by atoms with Gasteiger partial charge in [-0.25, -0.2) is 0 Å². The van der Waals surface area contributed by atoms with Crippen LogP contribution < -0.4 is 16.2 Å². The molecule has 3 amide bonds. The van der Waals surface area contributed by atoms with Crippen molar-refractivity contribution in [1.82, 2.24) is 21.1 Å². The van der Waals surface area contributed by atoms with Crippen LogP contribution in [0.25, 0.3) is 10.8 Å². The highest BCUT2D eigenvalue weighted by molar-refractivity contribution is 5.91. The molecular weight excluding hydrogens is 332 g/mol. The standard InChI is InChI=1S/C19H24N4O3/c1-23(2)11-10-17(24)21-22-19(26)13-20-18(25)12-15-8-5-7-14-6-3-4-9-16(14)15/h3-9H,10-13H2,1-2H3,(H,20,25)(H,21,24)(H,22,26). The molecule has 0 bridgehead atoms. The summed E-state index contributed by atoms with van der Waals surface area (Å²) in [5, 5.41) is 4.64. The molecule has 7 nitrogen and oxygen atoms in total. The van der Waals surface area contributed by atoms with Crippen molar-refractivity contribution >= 4 is 28.5 Å². The van der Waals surface area contributed by atoms with Gasteiger partial charge in [-0.15, -0.1) is 0 Å². The number of amides is 3. The fraction of sp³-hybridized carbons (Fsp3) is 0.316. The van der Waals surface area contributed by atoms with Crippen LogP contribution >= 0.6 is 0 Å². The van der Waals surface area contributed by atoms with Crippen molar-refractivity contribution in [2.24, 2.45) is 0 Å². The van der Waals surface area contributed by atoms with Crippen molar-refractivity contribution in [3.05, 3.63) is 48.0 Å². The number of hydrogen-bond donors (Lipinski definition) is 3. The molecule has 0 spiro atoms. The van der Waals surface area contributed by atoms with Crippen LogP contribution in [0.2, 0.25) is 0 Å². The molecule has 0 saturated carbocycles. The predicted octanol–water partition coefficient (Wildman–Crippen LogP) is 0.598. The van der Waals surface area contributed by atoms with Gasteiger partial charge >= 0.3 is 0 Å². The summed E-state index contributed by atoms with van der Waals surface area (Å²) in [5.41, 5.74) is 5.50. The minimum atomic E-state index is -0.477. The summed E-state index contributed by atoms with van der Waals surface area (Å²) in [7, 11) is 3.72. The second-order valence-corrected chi connectivity index (χ2v) is 6.24. The van der Waals surface area contributed by atoms with Crippen molar-refractivity contribution in [3.8, 4) is 0 Å². The van der Waals surface area contributed by atoms with Crippen LogP contribution in [0.3, 0.4) is 0 Å². The van der Waals surface area contributed by atoms with Gasteiger partial charge in [0.2, 0.25) is 11.8 Å². The highest BCUT2D eigenvalue weighted by atomic mass is 16.2. The third kappa shape index (κ3) is 6.18. The Morgan fingerprint density at radius 2 is 1.58 bits per heavy atom. The number of fused-ring (bicyclic) bond motifs is 1. The number of hydrogen-bond acceptors (Lipinski definition) is 4. The van der Waals surface area contributed by atoms with E-state index in [2.05, 4.69) is 16.2 Å². The van der Waals surface area contributed by atoms with E-state index in [1.807, 2.05) is 61.5 Å². The summed E-state index contributed by atoms with van der Waals surface area (Å²) in [6, 6.07) is 13.6. The van der Waals surface area contributed by atoms with Gasteiger partial charge in [-0.2, -0.15) is 0 Å². The number of hydrazine groups is 1. The molecule has 0 aliphatic rings. The lowest BCUT2D eigenvalue weighted by molar-refractivity contribution is -0.129. The van der Waals surface area contributed by atoms with Gasteiger partial charge in [0, 0.05) is 13.0 Å². The quantitative estimate of drug-likeness (QED) is 0.634. The molecule has 2 aromatic carbocycles. The van der Waals surface area contributed by atoms with Crippen LogP contribution in [0.5, 0.6) is 0 Å². The molecule has 0 heterocycles. The first kappa shape index (κ1) is 19.4. The van der Waals surface area contributed by atoms with Gasteiger partial charge in [0.05, 0.1) is 13.0 Å². The van der Waals surface area contributed by atoms with Crippen molar-refractivity contribution in [3.63, 3.8) is 0 Å². The number of nitrogens with one attached hydrogen (secondary N) is 3. The van der Waals surface area contributed by atoms with Crippen LogP contribution in [-0.4, -0.2) is 49.8 Å². The fourth-order valence-corrected chi connectivity index (χ4v) is 2.43. The summed E-state index contributed by atoms with van der Waals surface area (Å²) in [6.45, 7) is 0.390. The molecule has 0 fully saturated rings. The molecule has 0 radical (unpaired) electrons. The van der Waals surface area contributed by atoms with E-state index >= 15 is 0 Å². The van der Waals surface area contributed by atoms with Gasteiger partial charge in [-0.1, -0.05) is 42.5 Å². The maximum absolute atomic E-state index is 12.1. The summed E-state index contributed by atoms with van der Waals surface area (Å²) in [6.07, 6.45) is 0.463. The molecule has 2 rings (SSSR count). The molecule has 7 heteroatoms. The topological polar surface area (TPSA) is 90.5 Å². The van der Waals surface area contributed by atoms with E-state index in [0.29, 0.717) is 6.54 Å². The van der Waals surface area contributed by atoms with E-state index in [1.54, 1.807) is 0 Å². The summed E-state index contributed by atoms with van der Waals surface area (Å²) >= 11 is 0. The van der Waals surface area contributed by atoms with E-state index in [-0.39, 0.29) is 31.2 Å². The van der Waals surface area contributed by atoms with Crippen LogP contribution in [0, 0.1) is 0 Å². The molecule has 2 aromatic rings. The Balaban J connectivity index is 1.76. The lowest BCUT2D eigenvalue weighted by Gasteiger charge is -2.11. The average Bonchev–Trinajstić information content (AvgIpc) is 2.63. The van der Waals surface area contributed by atoms with Crippen LogP contribution in [0.1, 0.15) is 12.0 Å². The van der Waals surface area contributed by atoms with Crippen molar-refractivity contribution in [2.45, 2.75) is 12.8 Å². The Bertz CT molecular complexity index is 784. The first-order valence-corrected chi connectivity index (χ1v) is 8.41. The minimum absolute atomic E-state index is 0.184. The number of carbonyl (C=O) groups excluding carboxylic acids is 3. The highest BCUT2D eigenvalue weighted by Crippen LogP contribution is 2.18. The monoisotopic (exact) mass is 356 g/mol. The maximum Gasteiger partial charge on any atom is 0.257 e. The van der Waals surface area contributed by atoms with Gasteiger partial charge in [-0.05, 0) is 30.4 Å². The van der Waals surface area contributed by atoms with E-state index < -0.39 is 5.91 Å². The zero-order valence-electron chi connectivity index (χ0n) is 15.0. The third-order valence-electron chi connectivity index (χ3n) is 3.80. The number of benzene rings is 2. The SMILES string of the molecule is CN(C)CCC(=O)NNC(=O)CNC(=O)Cc1cccc2ccccc12. The lowest BCUT2D eigenvalue weighted by atomic mass is 10.0. The second-order valence-electron chi connectivity index (χ2n) is 6.24. The third-order valence-corrected chi connectivity index (χ3v) is 3.80. The molecule has 138 valence electrons. The van der Waals surface area contributed by atoms with E-state index in [0.717, 1.165) is 16.3 Å². The summed E-state index contributed by atoms with van der Waals surface area (Å²) < 4.78 is 0. The first-order chi connectivity index (χ1) is 12.5. The molecule has 0 unspecified atom stereocenters. The Kier molecular flexibility index (Phi) is 7.11. The van der Waals surface area contributed by atoms with Crippen LogP contribution in [0.4, 0.5) is 0 Å². The second kappa shape index (κ2) is 9.53. The van der Waals surface area contributed by atoms with Crippen molar-refractivity contribution in [2.75, 3.05) is 27.2 Å². The molecule has 3 N–H and O–H groups in total. The molecular formula is C19H24N4O3. The fourth-order valence-electron chi connectivity index (χ4n) is 2.43. The zero-order valence-corrected chi connectivity index (χ0v) is 15.0. The summed E-state index contributed by atoms with van der Waals surface area (Å²) in [5.74, 6) is -1.01. The zero-order chi connectivity index (χ0) is 18.9. The molecule has 0 aromatic heterocycles. The number of rotatable bonds is 7. The highest BCUT2D eigenvalue weighted by Gasteiger charge is 2.09. The van der Waals surface area contributed by atoms with Crippen molar-refractivity contribution in [1.29, 1.82) is 0 Å². The smallest absolute Gasteiger partial charge is 0.257 e. The van der Waals surface area contributed by atoms with Gasteiger partial charge in [-0.3, -0.25) is 25.2 Å². The van der Waals surface area contributed by atoms with Crippen LogP contribution in [-0.2, 0) is 20.8 Å². The minimum Gasteiger partial charge on any atom is -0.347 e. The first-order valence-electron chi connectivity index (χ1n) is 8.41. The van der Waals surface area contributed by atoms with Crippen LogP contribution in [0.15, 0.2) is 42.5 Å². The Labute approximate surface area is 152 Å². The molecule has 0 atom stereocenters. The normalized spacial score (nSPS) is 10.6. The summed E-state index contributed by atoms with van der Waals surface area (Å²) in [4.78, 5) is 37.2. The molecule has 26 heavy (non-hydrogen) atoms. The number of nitrogens with zero attached hydrogens (tertiary/aromatic N) is 1. The van der Waals surface area contributed by atoms with E-state index in [9.17, 15) is 14.4 Å². The average molecular weight is 356 g/mol. The lowest BCUT2D eigenvalue weighted by Crippen LogP contribution is -2.47. The van der Waals surface area contributed by atoms with Gasteiger partial charge in [0.1, 0.15) is 0 Å². The molecule has 0 aliphatic carbocycles. The Morgan fingerprint density at radius 1 is 0.885 bits per heavy atom. The Morgan fingerprint density at radius 3 is 2.35 bits per heavy atom. The van der Waals surface area contributed by atoms with Gasteiger partial charge in [0.25, 0.3) is 5.91 Å². The van der Waals surface area contributed by atoms with E-state index in [1.165, 1.54) is 0 Å². The molecule has 0 aliphatic heterocycles. The number of carbonyl (C=O) groups is 3. The largest absolute Gasteiger partial charge is 0.347 e. The van der Waals surface area contributed by atoms with Gasteiger partial charge in [0.15, 0.2) is 0 Å². The molecule has 0 saturated heterocycles. The van der Waals surface area contributed by atoms with E-state index in [4.69, 9.17) is 0 Å². The predicted molar refractivity (Wildman–Crippen MR) is 100 cm³/mol. The maximum atomic E-state index is 12.1. The van der Waals surface area contributed by atoms with Crippen molar-refractivity contribution < 1.29 is 14.4 Å².